The smallest absolute Gasteiger partial charge is 0.330 e. The van der Waals surface area contributed by atoms with Gasteiger partial charge in [0, 0.05) is 19.3 Å². The zero-order valence-corrected chi connectivity index (χ0v) is 13.7. The molecule has 0 bridgehead atoms. The molecule has 21 heavy (non-hydrogen) atoms. The molecule has 1 aliphatic heterocycles. The molecule has 0 radical (unpaired) electrons. The first-order valence-corrected chi connectivity index (χ1v) is 8.21. The third-order valence-electron chi connectivity index (χ3n) is 3.18. The highest BCUT2D eigenvalue weighted by molar-refractivity contribution is 6.01. The highest BCUT2D eigenvalue weighted by Crippen LogP contribution is 2.14. The maximum atomic E-state index is 11.5. The van der Waals surface area contributed by atoms with E-state index in [2.05, 4.69) is 6.92 Å². The first kappa shape index (κ1) is 19.6. The summed E-state index contributed by atoms with van der Waals surface area (Å²) in [6.07, 6.45) is 8.35. The van der Waals surface area contributed by atoms with Crippen LogP contribution in [0, 0.1) is 0 Å². The Hall–Kier alpha value is -1.39. The standard InChI is InChI=1S/C14H23NO4.C2H6/c1-2-3-4-5-6-7-8-9-14(18)19-15-12(16)10-11-13(15)17;1-2/h2-11H2,1H3;1-2H3. The van der Waals surface area contributed by atoms with E-state index in [-0.39, 0.29) is 19.3 Å². The molecule has 5 heteroatoms. The molecule has 0 aromatic carbocycles. The highest BCUT2D eigenvalue weighted by Gasteiger charge is 2.32. The van der Waals surface area contributed by atoms with Crippen molar-refractivity contribution in [3.63, 3.8) is 0 Å². The molecule has 1 heterocycles. The van der Waals surface area contributed by atoms with Crippen LogP contribution in [-0.4, -0.2) is 22.8 Å². The van der Waals surface area contributed by atoms with Gasteiger partial charge in [-0.3, -0.25) is 9.59 Å². The second kappa shape index (κ2) is 12.4. The van der Waals surface area contributed by atoms with E-state index in [4.69, 9.17) is 4.84 Å². The quantitative estimate of drug-likeness (QED) is 0.480. The van der Waals surface area contributed by atoms with Gasteiger partial charge in [0.25, 0.3) is 11.8 Å². The number of hydrogen-bond donors (Lipinski definition) is 0. The lowest BCUT2D eigenvalue weighted by molar-refractivity contribution is -0.197. The van der Waals surface area contributed by atoms with Gasteiger partial charge in [-0.15, -0.1) is 5.06 Å². The van der Waals surface area contributed by atoms with E-state index in [1.807, 2.05) is 13.8 Å². The summed E-state index contributed by atoms with van der Waals surface area (Å²) in [5, 5.41) is 0.615. The predicted molar refractivity (Wildman–Crippen MR) is 81.1 cm³/mol. The summed E-state index contributed by atoms with van der Waals surface area (Å²) < 4.78 is 0. The Morgan fingerprint density at radius 2 is 1.43 bits per heavy atom. The molecule has 0 unspecified atom stereocenters. The Bertz CT molecular complexity index is 312. The number of amides is 2. The fourth-order valence-corrected chi connectivity index (χ4v) is 2.03. The fourth-order valence-electron chi connectivity index (χ4n) is 2.03. The maximum Gasteiger partial charge on any atom is 0.333 e. The summed E-state index contributed by atoms with van der Waals surface area (Å²) >= 11 is 0. The number of hydroxylamine groups is 2. The minimum atomic E-state index is -0.489. The number of carbonyl (C=O) groups is 3. The molecule has 122 valence electrons. The van der Waals surface area contributed by atoms with Crippen LogP contribution in [-0.2, 0) is 19.2 Å². The lowest BCUT2D eigenvalue weighted by atomic mass is 10.1. The van der Waals surface area contributed by atoms with E-state index in [1.54, 1.807) is 0 Å². The van der Waals surface area contributed by atoms with Gasteiger partial charge in [0.05, 0.1) is 0 Å². The Kier molecular flexibility index (Phi) is 11.5. The van der Waals surface area contributed by atoms with E-state index in [1.165, 1.54) is 25.7 Å². The largest absolute Gasteiger partial charge is 0.333 e. The minimum Gasteiger partial charge on any atom is -0.330 e. The molecule has 0 aromatic rings. The monoisotopic (exact) mass is 299 g/mol. The van der Waals surface area contributed by atoms with Crippen LogP contribution in [0.2, 0.25) is 0 Å². The van der Waals surface area contributed by atoms with Crippen LogP contribution in [0.25, 0.3) is 0 Å². The van der Waals surface area contributed by atoms with Gasteiger partial charge in [-0.25, -0.2) is 4.79 Å². The molecule has 0 aromatic heterocycles. The topological polar surface area (TPSA) is 63.7 Å². The molecule has 1 saturated heterocycles. The van der Waals surface area contributed by atoms with E-state index < -0.39 is 17.8 Å². The van der Waals surface area contributed by atoms with Gasteiger partial charge < -0.3 is 4.84 Å². The van der Waals surface area contributed by atoms with Crippen LogP contribution in [0.5, 0.6) is 0 Å². The van der Waals surface area contributed by atoms with Crippen molar-refractivity contribution < 1.29 is 19.2 Å². The van der Waals surface area contributed by atoms with Gasteiger partial charge in [0.2, 0.25) is 0 Å². The van der Waals surface area contributed by atoms with E-state index >= 15 is 0 Å². The number of carbonyl (C=O) groups excluding carboxylic acids is 3. The molecule has 1 rings (SSSR count). The van der Waals surface area contributed by atoms with Crippen molar-refractivity contribution in [3.8, 4) is 0 Å². The molecule has 5 nitrogen and oxygen atoms in total. The Morgan fingerprint density at radius 3 is 1.95 bits per heavy atom. The summed E-state index contributed by atoms with van der Waals surface area (Å²) in [5.41, 5.74) is 0. The maximum absolute atomic E-state index is 11.5. The molecular weight excluding hydrogens is 270 g/mol. The van der Waals surface area contributed by atoms with Crippen molar-refractivity contribution in [3.05, 3.63) is 0 Å². The van der Waals surface area contributed by atoms with Gasteiger partial charge in [-0.1, -0.05) is 59.3 Å². The zero-order valence-electron chi connectivity index (χ0n) is 13.7. The molecule has 1 fully saturated rings. The average molecular weight is 299 g/mol. The van der Waals surface area contributed by atoms with Crippen molar-refractivity contribution in [2.45, 2.75) is 85.0 Å². The lowest BCUT2D eigenvalue weighted by Gasteiger charge is -2.12. The molecule has 0 N–H and O–H groups in total. The molecule has 1 aliphatic rings. The first-order valence-electron chi connectivity index (χ1n) is 8.21. The third-order valence-corrected chi connectivity index (χ3v) is 3.18. The lowest BCUT2D eigenvalue weighted by Crippen LogP contribution is -2.31. The van der Waals surface area contributed by atoms with Gasteiger partial charge in [-0.05, 0) is 6.42 Å². The van der Waals surface area contributed by atoms with Gasteiger partial charge in [0.1, 0.15) is 0 Å². The summed E-state index contributed by atoms with van der Waals surface area (Å²) in [6, 6.07) is 0. The predicted octanol–water partition coefficient (Wildman–Crippen LogP) is 3.76. The second-order valence-electron chi connectivity index (χ2n) is 4.92. The van der Waals surface area contributed by atoms with Crippen molar-refractivity contribution in [2.75, 3.05) is 0 Å². The summed E-state index contributed by atoms with van der Waals surface area (Å²) in [5.74, 6) is -1.33. The van der Waals surface area contributed by atoms with E-state index in [0.29, 0.717) is 5.06 Å². The Balaban J connectivity index is 0.00000191. The number of imide groups is 1. The Labute approximate surface area is 128 Å². The third kappa shape index (κ3) is 8.48. The SMILES string of the molecule is CC.CCCCCCCCCC(=O)ON1C(=O)CCC1=O. The van der Waals surface area contributed by atoms with Crippen LogP contribution < -0.4 is 0 Å². The van der Waals surface area contributed by atoms with E-state index in [0.717, 1.165) is 19.3 Å². The zero-order chi connectivity index (χ0) is 16.1. The second-order valence-corrected chi connectivity index (χ2v) is 4.92. The number of nitrogens with zero attached hydrogens (tertiary/aromatic N) is 1. The molecule has 2 amide bonds. The van der Waals surface area contributed by atoms with Gasteiger partial charge in [-0.2, -0.15) is 0 Å². The fraction of sp³-hybridized carbons (Fsp3) is 0.812. The van der Waals surface area contributed by atoms with Crippen LogP contribution in [0.3, 0.4) is 0 Å². The summed E-state index contributed by atoms with van der Waals surface area (Å²) in [6.45, 7) is 6.18. The molecule has 0 atom stereocenters. The van der Waals surface area contributed by atoms with Gasteiger partial charge >= 0.3 is 5.97 Å². The van der Waals surface area contributed by atoms with Gasteiger partial charge in [0.15, 0.2) is 0 Å². The summed E-state index contributed by atoms with van der Waals surface area (Å²) in [7, 11) is 0. The van der Waals surface area contributed by atoms with E-state index in [9.17, 15) is 14.4 Å². The van der Waals surface area contributed by atoms with Crippen LogP contribution in [0.15, 0.2) is 0 Å². The van der Waals surface area contributed by atoms with Crippen molar-refractivity contribution in [2.24, 2.45) is 0 Å². The molecule has 0 spiro atoms. The van der Waals surface area contributed by atoms with Crippen LogP contribution >= 0.6 is 0 Å². The first-order chi connectivity index (χ1) is 10.1. The Morgan fingerprint density at radius 1 is 0.952 bits per heavy atom. The highest BCUT2D eigenvalue weighted by atomic mass is 16.7. The number of rotatable bonds is 9. The molecular formula is C16H29NO4. The van der Waals surface area contributed by atoms with Crippen molar-refractivity contribution in [1.29, 1.82) is 0 Å². The number of hydrogen-bond acceptors (Lipinski definition) is 4. The number of unbranched alkanes of at least 4 members (excludes halogenated alkanes) is 6. The van der Waals surface area contributed by atoms with Crippen molar-refractivity contribution >= 4 is 17.8 Å². The molecule has 0 aliphatic carbocycles. The molecule has 0 saturated carbocycles. The minimum absolute atomic E-state index is 0.142. The van der Waals surface area contributed by atoms with Crippen molar-refractivity contribution in [1.82, 2.24) is 5.06 Å². The van der Waals surface area contributed by atoms with Crippen LogP contribution in [0.1, 0.15) is 85.0 Å². The summed E-state index contributed by atoms with van der Waals surface area (Å²) in [4.78, 5) is 38.7. The average Bonchev–Trinajstić information content (AvgIpc) is 2.80. The normalized spacial score (nSPS) is 14.0. The van der Waals surface area contributed by atoms with Crippen LogP contribution in [0.4, 0.5) is 0 Å².